The van der Waals surface area contributed by atoms with Gasteiger partial charge in [0, 0.05) is 13.1 Å². The van der Waals surface area contributed by atoms with Crippen LogP contribution in [-0.4, -0.2) is 37.0 Å². The Morgan fingerprint density at radius 2 is 1.95 bits per heavy atom. The summed E-state index contributed by atoms with van der Waals surface area (Å²) >= 11 is 0. The molecule has 1 aromatic rings. The quantitative estimate of drug-likeness (QED) is 0.696. The predicted molar refractivity (Wildman–Crippen MR) is 90.5 cm³/mol. The maximum atomic E-state index is 11.8. The van der Waals surface area contributed by atoms with Crippen LogP contribution in [0.2, 0.25) is 0 Å². The SMILES string of the molecule is CCN(CC)Cc1cccc(CNC(=O)CNCC2CC2)c1. The molecule has 1 saturated carbocycles. The molecule has 0 saturated heterocycles. The van der Waals surface area contributed by atoms with E-state index in [1.165, 1.54) is 24.0 Å². The largest absolute Gasteiger partial charge is 0.351 e. The van der Waals surface area contributed by atoms with Crippen LogP contribution < -0.4 is 10.6 Å². The summed E-state index contributed by atoms with van der Waals surface area (Å²) in [5, 5.41) is 6.20. The highest BCUT2D eigenvalue weighted by Gasteiger charge is 2.20. The van der Waals surface area contributed by atoms with Crippen molar-refractivity contribution in [3.63, 3.8) is 0 Å². The number of rotatable bonds is 10. The van der Waals surface area contributed by atoms with Gasteiger partial charge in [-0.25, -0.2) is 0 Å². The van der Waals surface area contributed by atoms with Crippen LogP contribution in [0.5, 0.6) is 0 Å². The van der Waals surface area contributed by atoms with E-state index >= 15 is 0 Å². The van der Waals surface area contributed by atoms with Gasteiger partial charge in [0.05, 0.1) is 6.54 Å². The Morgan fingerprint density at radius 3 is 2.64 bits per heavy atom. The van der Waals surface area contributed by atoms with Crippen LogP contribution in [0.3, 0.4) is 0 Å². The van der Waals surface area contributed by atoms with Crippen molar-refractivity contribution in [3.8, 4) is 0 Å². The molecule has 2 N–H and O–H groups in total. The summed E-state index contributed by atoms with van der Waals surface area (Å²) in [5.41, 5.74) is 2.47. The van der Waals surface area contributed by atoms with Crippen LogP contribution in [0.1, 0.15) is 37.8 Å². The average molecular weight is 303 g/mol. The van der Waals surface area contributed by atoms with E-state index in [1.54, 1.807) is 0 Å². The van der Waals surface area contributed by atoms with Gasteiger partial charge in [-0.1, -0.05) is 38.1 Å². The van der Waals surface area contributed by atoms with Gasteiger partial charge in [-0.15, -0.1) is 0 Å². The molecular weight excluding hydrogens is 274 g/mol. The monoisotopic (exact) mass is 303 g/mol. The fourth-order valence-electron chi connectivity index (χ4n) is 2.52. The fourth-order valence-corrected chi connectivity index (χ4v) is 2.52. The van der Waals surface area contributed by atoms with Crippen LogP contribution in [0, 0.1) is 5.92 Å². The van der Waals surface area contributed by atoms with Crippen molar-refractivity contribution >= 4 is 5.91 Å². The van der Waals surface area contributed by atoms with Crippen molar-refractivity contribution in [3.05, 3.63) is 35.4 Å². The lowest BCUT2D eigenvalue weighted by Crippen LogP contribution is -2.34. The van der Waals surface area contributed by atoms with E-state index in [0.717, 1.165) is 32.1 Å². The molecule has 1 aromatic carbocycles. The summed E-state index contributed by atoms with van der Waals surface area (Å²) in [6.45, 7) is 9.47. The zero-order valence-corrected chi connectivity index (χ0v) is 13.9. The Morgan fingerprint density at radius 1 is 1.23 bits per heavy atom. The van der Waals surface area contributed by atoms with E-state index < -0.39 is 0 Å². The Hall–Kier alpha value is -1.39. The fraction of sp³-hybridized carbons (Fsp3) is 0.611. The second-order valence-electron chi connectivity index (χ2n) is 6.13. The number of amides is 1. The maximum absolute atomic E-state index is 11.8. The first-order chi connectivity index (χ1) is 10.7. The van der Waals surface area contributed by atoms with E-state index in [-0.39, 0.29) is 5.91 Å². The molecule has 4 heteroatoms. The van der Waals surface area contributed by atoms with Crippen LogP contribution >= 0.6 is 0 Å². The first-order valence-electron chi connectivity index (χ1n) is 8.48. The van der Waals surface area contributed by atoms with Gasteiger partial charge in [0.1, 0.15) is 0 Å². The number of nitrogens with zero attached hydrogens (tertiary/aromatic N) is 1. The summed E-state index contributed by atoms with van der Waals surface area (Å²) in [7, 11) is 0. The summed E-state index contributed by atoms with van der Waals surface area (Å²) in [4.78, 5) is 14.2. The van der Waals surface area contributed by atoms with Gasteiger partial charge in [-0.2, -0.15) is 0 Å². The zero-order valence-electron chi connectivity index (χ0n) is 13.9. The molecule has 1 aliphatic rings. The Bertz CT molecular complexity index is 467. The second-order valence-corrected chi connectivity index (χ2v) is 6.13. The molecule has 0 aromatic heterocycles. The first-order valence-corrected chi connectivity index (χ1v) is 8.48. The normalized spacial score (nSPS) is 14.3. The van der Waals surface area contributed by atoms with Crippen LogP contribution in [0.15, 0.2) is 24.3 Å². The molecule has 0 unspecified atom stereocenters. The number of carbonyl (C=O) groups excluding carboxylic acids is 1. The minimum absolute atomic E-state index is 0.0785. The second kappa shape index (κ2) is 8.91. The number of hydrogen-bond donors (Lipinski definition) is 2. The van der Waals surface area contributed by atoms with Gasteiger partial charge in [0.2, 0.25) is 5.91 Å². The maximum Gasteiger partial charge on any atom is 0.234 e. The minimum atomic E-state index is 0.0785. The molecule has 1 amide bonds. The minimum Gasteiger partial charge on any atom is -0.351 e. The van der Waals surface area contributed by atoms with Gasteiger partial charge in [0.25, 0.3) is 0 Å². The van der Waals surface area contributed by atoms with E-state index in [1.807, 2.05) is 0 Å². The average Bonchev–Trinajstić information content (AvgIpc) is 3.35. The van der Waals surface area contributed by atoms with E-state index in [2.05, 4.69) is 53.6 Å². The highest BCUT2D eigenvalue weighted by Crippen LogP contribution is 2.27. The summed E-state index contributed by atoms with van der Waals surface area (Å²) in [6, 6.07) is 8.49. The van der Waals surface area contributed by atoms with Crippen LogP contribution in [0.4, 0.5) is 0 Å². The molecule has 0 bridgehead atoms. The Kier molecular flexibility index (Phi) is 6.87. The summed E-state index contributed by atoms with van der Waals surface area (Å²) in [6.07, 6.45) is 2.63. The molecule has 1 aliphatic carbocycles. The molecule has 0 atom stereocenters. The van der Waals surface area contributed by atoms with Gasteiger partial charge in [-0.05, 0) is 49.5 Å². The highest BCUT2D eigenvalue weighted by atomic mass is 16.1. The molecule has 0 heterocycles. The van der Waals surface area contributed by atoms with Gasteiger partial charge < -0.3 is 10.6 Å². The van der Waals surface area contributed by atoms with Crippen LogP contribution in [0.25, 0.3) is 0 Å². The van der Waals surface area contributed by atoms with Crippen molar-refractivity contribution in [2.45, 2.75) is 39.8 Å². The predicted octanol–water partition coefficient (Wildman–Crippen LogP) is 2.14. The van der Waals surface area contributed by atoms with Crippen molar-refractivity contribution in [1.82, 2.24) is 15.5 Å². The molecule has 2 rings (SSSR count). The molecule has 0 spiro atoms. The molecule has 122 valence electrons. The Balaban J connectivity index is 1.73. The Labute approximate surface area is 134 Å². The molecule has 0 radical (unpaired) electrons. The molecular formula is C18H29N3O. The number of carbonyl (C=O) groups is 1. The summed E-state index contributed by atoms with van der Waals surface area (Å²) in [5.74, 6) is 0.888. The number of nitrogens with one attached hydrogen (secondary N) is 2. The lowest BCUT2D eigenvalue weighted by atomic mass is 10.1. The van der Waals surface area contributed by atoms with Crippen molar-refractivity contribution in [2.24, 2.45) is 5.92 Å². The van der Waals surface area contributed by atoms with Gasteiger partial charge in [0.15, 0.2) is 0 Å². The molecule has 1 fully saturated rings. The van der Waals surface area contributed by atoms with E-state index in [4.69, 9.17) is 0 Å². The smallest absolute Gasteiger partial charge is 0.234 e. The molecule has 4 nitrogen and oxygen atoms in total. The van der Waals surface area contributed by atoms with Crippen molar-refractivity contribution < 1.29 is 4.79 Å². The lowest BCUT2D eigenvalue weighted by molar-refractivity contribution is -0.120. The lowest BCUT2D eigenvalue weighted by Gasteiger charge is -2.18. The highest BCUT2D eigenvalue weighted by molar-refractivity contribution is 5.77. The van der Waals surface area contributed by atoms with Crippen molar-refractivity contribution in [2.75, 3.05) is 26.2 Å². The number of benzene rings is 1. The zero-order chi connectivity index (χ0) is 15.8. The molecule has 0 aliphatic heterocycles. The third-order valence-electron chi connectivity index (χ3n) is 4.20. The van der Waals surface area contributed by atoms with Crippen LogP contribution in [-0.2, 0) is 17.9 Å². The van der Waals surface area contributed by atoms with Gasteiger partial charge in [-0.3, -0.25) is 9.69 Å². The van der Waals surface area contributed by atoms with Crippen molar-refractivity contribution in [1.29, 1.82) is 0 Å². The first kappa shape index (κ1) is 17.0. The third kappa shape index (κ3) is 6.16. The van der Waals surface area contributed by atoms with Gasteiger partial charge >= 0.3 is 0 Å². The summed E-state index contributed by atoms with van der Waals surface area (Å²) < 4.78 is 0. The molecule has 22 heavy (non-hydrogen) atoms. The van der Waals surface area contributed by atoms with E-state index in [0.29, 0.717) is 13.1 Å². The number of hydrogen-bond acceptors (Lipinski definition) is 3. The standard InChI is InChI=1S/C18H29N3O/c1-3-21(4-2)14-17-7-5-6-16(10-17)12-20-18(22)13-19-11-15-8-9-15/h5-7,10,15,19H,3-4,8-9,11-14H2,1-2H3,(H,20,22). The topological polar surface area (TPSA) is 44.4 Å². The third-order valence-corrected chi connectivity index (χ3v) is 4.20. The van der Waals surface area contributed by atoms with E-state index in [9.17, 15) is 4.79 Å².